The first-order valence-corrected chi connectivity index (χ1v) is 12.0. The van der Waals surface area contributed by atoms with Crippen LogP contribution in [-0.2, 0) is 9.47 Å². The number of aliphatic hydroxyl groups excluding tert-OH is 6. The molecule has 216 valence electrons. The molecule has 40 heavy (non-hydrogen) atoms. The molecule has 2 aromatic carbocycles. The molecule has 0 aliphatic carbocycles. The summed E-state index contributed by atoms with van der Waals surface area (Å²) in [5.41, 5.74) is -1.50. The molecule has 0 saturated carbocycles. The first-order valence-electron chi connectivity index (χ1n) is 12.0. The zero-order chi connectivity index (χ0) is 28.9. The van der Waals surface area contributed by atoms with E-state index in [0.29, 0.717) is 0 Å². The van der Waals surface area contributed by atoms with Crippen molar-refractivity contribution in [1.29, 1.82) is 0 Å². The van der Waals surface area contributed by atoms with Gasteiger partial charge in [0.25, 0.3) is 0 Å². The number of rotatable bonds is 5. The predicted molar refractivity (Wildman–Crippen MR) is 130 cm³/mol. The Kier molecular flexibility index (Phi) is 7.47. The highest BCUT2D eigenvalue weighted by Crippen LogP contribution is 2.43. The lowest BCUT2D eigenvalue weighted by atomic mass is 10.1. The van der Waals surface area contributed by atoms with Gasteiger partial charge < -0.3 is 69.3 Å². The maximum absolute atomic E-state index is 13.0. The minimum absolute atomic E-state index is 0.116. The number of phenolic OH excluding ortho intramolecular Hbond substituents is 2. The van der Waals surface area contributed by atoms with E-state index in [0.717, 1.165) is 6.07 Å². The molecule has 0 amide bonds. The molecule has 15 nitrogen and oxygen atoms in total. The lowest BCUT2D eigenvalue weighted by Gasteiger charge is -2.35. The van der Waals surface area contributed by atoms with Crippen molar-refractivity contribution >= 4 is 11.0 Å². The van der Waals surface area contributed by atoms with E-state index in [2.05, 4.69) is 0 Å². The standard InChI is InChI=1S/C25H26O15/c26-10-5-11(27)22(40-25-20(35)16(31)13(29)7-37-25)23-14(10)17(32)18(33)21(39-23)8-1-3-9(4-2-8)38-24-19(34)15(30)12(28)6-36-24/h1-5,12-13,15-16,19-20,24-31,33-35H,6-7H2/t12-,13+,15+,16-,19-,20-,24-,25+/m0/s1. The van der Waals surface area contributed by atoms with Crippen LogP contribution in [0.3, 0.4) is 0 Å². The van der Waals surface area contributed by atoms with Gasteiger partial charge in [0.15, 0.2) is 17.1 Å². The number of ether oxygens (including phenoxy) is 4. The van der Waals surface area contributed by atoms with Crippen molar-refractivity contribution in [3.63, 3.8) is 0 Å². The Morgan fingerprint density at radius 2 is 1.27 bits per heavy atom. The zero-order valence-corrected chi connectivity index (χ0v) is 20.4. The third-order valence-electron chi connectivity index (χ3n) is 6.57. The first kappa shape index (κ1) is 27.9. The molecule has 8 atom stereocenters. The molecule has 3 heterocycles. The highest BCUT2D eigenvalue weighted by molar-refractivity contribution is 5.93. The number of fused-ring (bicyclic) bond motifs is 1. The van der Waals surface area contributed by atoms with Crippen molar-refractivity contribution in [2.45, 2.75) is 49.2 Å². The Morgan fingerprint density at radius 3 is 1.85 bits per heavy atom. The maximum Gasteiger partial charge on any atom is 0.238 e. The second-order valence-corrected chi connectivity index (χ2v) is 9.32. The second kappa shape index (κ2) is 10.7. The Morgan fingerprint density at radius 1 is 0.725 bits per heavy atom. The van der Waals surface area contributed by atoms with Gasteiger partial charge in [-0.15, -0.1) is 0 Å². The maximum atomic E-state index is 13.0. The monoisotopic (exact) mass is 566 g/mol. The van der Waals surface area contributed by atoms with Crippen molar-refractivity contribution in [1.82, 2.24) is 0 Å². The van der Waals surface area contributed by atoms with E-state index in [-0.39, 0.29) is 17.9 Å². The molecule has 2 aliphatic heterocycles. The molecular weight excluding hydrogens is 540 g/mol. The second-order valence-electron chi connectivity index (χ2n) is 9.32. The summed E-state index contributed by atoms with van der Waals surface area (Å²) in [6, 6.07) is 6.19. The summed E-state index contributed by atoms with van der Waals surface area (Å²) in [6.07, 6.45) is -12.0. The van der Waals surface area contributed by atoms with Crippen LogP contribution in [0.25, 0.3) is 22.3 Å². The summed E-state index contributed by atoms with van der Waals surface area (Å²) in [6.45, 7) is -0.698. The molecule has 2 fully saturated rings. The SMILES string of the molecule is O=c1c(O)c(-c2ccc(O[C@@H]3OC[C@H](O)[C@@H](O)[C@@H]3O)cc2)oc2c(O[C@H]3OC[C@@H](O)[C@H](O)[C@@H]3O)c(O)cc(O)c12. The van der Waals surface area contributed by atoms with Crippen molar-refractivity contribution in [3.8, 4) is 40.1 Å². The van der Waals surface area contributed by atoms with Crippen LogP contribution >= 0.6 is 0 Å². The van der Waals surface area contributed by atoms with Gasteiger partial charge in [0.2, 0.25) is 29.5 Å². The van der Waals surface area contributed by atoms with Gasteiger partial charge in [-0.2, -0.15) is 0 Å². The summed E-state index contributed by atoms with van der Waals surface area (Å²) >= 11 is 0. The molecule has 2 aliphatic rings. The largest absolute Gasteiger partial charge is 0.507 e. The molecule has 0 unspecified atom stereocenters. The number of phenols is 2. The van der Waals surface area contributed by atoms with Crippen LogP contribution in [0.5, 0.6) is 28.7 Å². The van der Waals surface area contributed by atoms with Crippen LogP contribution in [-0.4, -0.2) is 108 Å². The van der Waals surface area contributed by atoms with Gasteiger partial charge in [-0.25, -0.2) is 0 Å². The fourth-order valence-corrected chi connectivity index (χ4v) is 4.31. The third-order valence-corrected chi connectivity index (χ3v) is 6.57. The van der Waals surface area contributed by atoms with Crippen LogP contribution in [0.15, 0.2) is 39.5 Å². The summed E-state index contributed by atoms with van der Waals surface area (Å²) in [4.78, 5) is 13.0. The molecular formula is C25H26O15. The Hall–Kier alpha value is -3.67. The van der Waals surface area contributed by atoms with Gasteiger partial charge in [0.1, 0.15) is 53.5 Å². The van der Waals surface area contributed by atoms with Crippen LogP contribution < -0.4 is 14.9 Å². The number of benzene rings is 2. The fourth-order valence-electron chi connectivity index (χ4n) is 4.31. The third kappa shape index (κ3) is 4.89. The van der Waals surface area contributed by atoms with Gasteiger partial charge in [-0.3, -0.25) is 4.79 Å². The predicted octanol–water partition coefficient (Wildman–Crippen LogP) is -1.79. The molecule has 15 heteroatoms. The Bertz CT molecular complexity index is 1440. The van der Waals surface area contributed by atoms with E-state index in [1.54, 1.807) is 0 Å². The van der Waals surface area contributed by atoms with Crippen molar-refractivity contribution < 1.29 is 69.3 Å². The molecule has 9 N–H and O–H groups in total. The van der Waals surface area contributed by atoms with E-state index in [4.69, 9.17) is 23.4 Å². The number of aromatic hydroxyl groups is 3. The van der Waals surface area contributed by atoms with E-state index in [1.807, 2.05) is 0 Å². The van der Waals surface area contributed by atoms with Crippen molar-refractivity contribution in [3.05, 3.63) is 40.6 Å². The van der Waals surface area contributed by atoms with Gasteiger partial charge in [0.05, 0.1) is 13.2 Å². The van der Waals surface area contributed by atoms with E-state index < -0.39 is 101 Å². The number of aliphatic hydroxyl groups is 6. The summed E-state index contributed by atoms with van der Waals surface area (Å²) in [5, 5.41) is 90.0. The van der Waals surface area contributed by atoms with Crippen LogP contribution in [0, 0.1) is 0 Å². The van der Waals surface area contributed by atoms with E-state index >= 15 is 0 Å². The van der Waals surface area contributed by atoms with Crippen LogP contribution in [0.1, 0.15) is 0 Å². The van der Waals surface area contributed by atoms with Crippen molar-refractivity contribution in [2.75, 3.05) is 13.2 Å². The summed E-state index contributed by atoms with van der Waals surface area (Å²) < 4.78 is 27.1. The summed E-state index contributed by atoms with van der Waals surface area (Å²) in [5.74, 6) is -3.22. The Balaban J connectivity index is 1.49. The lowest BCUT2D eigenvalue weighted by molar-refractivity contribution is -0.242. The average Bonchev–Trinajstić information content (AvgIpc) is 2.93. The Labute approximate surface area is 223 Å². The topological polar surface area (TPSA) is 249 Å². The average molecular weight is 566 g/mol. The quantitative estimate of drug-likeness (QED) is 0.165. The number of hydrogen-bond donors (Lipinski definition) is 9. The molecule has 0 bridgehead atoms. The molecule has 3 aromatic rings. The molecule has 2 saturated heterocycles. The highest BCUT2D eigenvalue weighted by Gasteiger charge is 2.41. The minimum Gasteiger partial charge on any atom is -0.507 e. The van der Waals surface area contributed by atoms with Gasteiger partial charge in [0, 0.05) is 11.6 Å². The van der Waals surface area contributed by atoms with Gasteiger partial charge in [-0.05, 0) is 24.3 Å². The van der Waals surface area contributed by atoms with Gasteiger partial charge >= 0.3 is 0 Å². The highest BCUT2D eigenvalue weighted by atomic mass is 16.7. The van der Waals surface area contributed by atoms with Gasteiger partial charge in [-0.1, -0.05) is 0 Å². The number of hydrogen-bond acceptors (Lipinski definition) is 15. The minimum atomic E-state index is -1.76. The normalized spacial score (nSPS) is 30.8. The molecule has 1 aromatic heterocycles. The molecule has 0 spiro atoms. The van der Waals surface area contributed by atoms with Crippen LogP contribution in [0.2, 0.25) is 0 Å². The van der Waals surface area contributed by atoms with E-state index in [9.17, 15) is 50.8 Å². The molecule has 5 rings (SSSR count). The molecule has 0 radical (unpaired) electrons. The van der Waals surface area contributed by atoms with Crippen molar-refractivity contribution in [2.24, 2.45) is 0 Å². The van der Waals surface area contributed by atoms with Crippen LogP contribution in [0.4, 0.5) is 0 Å². The fraction of sp³-hybridized carbons (Fsp3) is 0.400. The zero-order valence-electron chi connectivity index (χ0n) is 20.4. The smallest absolute Gasteiger partial charge is 0.238 e. The first-order chi connectivity index (χ1) is 19.0. The lowest BCUT2D eigenvalue weighted by Crippen LogP contribution is -2.54. The van der Waals surface area contributed by atoms with E-state index in [1.165, 1.54) is 24.3 Å². The summed E-state index contributed by atoms with van der Waals surface area (Å²) in [7, 11) is 0.